The van der Waals surface area contributed by atoms with Crippen molar-refractivity contribution >= 4 is 29.1 Å². The zero-order chi connectivity index (χ0) is 24.4. The Morgan fingerprint density at radius 1 is 0.857 bits per heavy atom. The van der Waals surface area contributed by atoms with E-state index in [2.05, 4.69) is 15.5 Å². The minimum Gasteiger partial charge on any atom is -0.366 e. The molecular formula is C26H30FN5O3. The van der Waals surface area contributed by atoms with E-state index in [1.165, 1.54) is 18.2 Å². The summed E-state index contributed by atoms with van der Waals surface area (Å²) in [4.78, 5) is 44.3. The number of nitrogens with one attached hydrogen (secondary N) is 2. The zero-order valence-electron chi connectivity index (χ0n) is 19.6. The molecule has 3 amide bonds. The highest BCUT2D eigenvalue weighted by Gasteiger charge is 2.35. The summed E-state index contributed by atoms with van der Waals surface area (Å²) >= 11 is 0. The van der Waals surface area contributed by atoms with Crippen LogP contribution in [-0.2, 0) is 4.79 Å². The fourth-order valence-electron chi connectivity index (χ4n) is 4.68. The number of carbonyl (C=O) groups excluding carboxylic acids is 3. The van der Waals surface area contributed by atoms with Crippen molar-refractivity contribution in [3.63, 3.8) is 0 Å². The fraction of sp³-hybridized carbons (Fsp3) is 0.423. The number of anilines is 2. The van der Waals surface area contributed by atoms with Crippen LogP contribution in [0.2, 0.25) is 0 Å². The van der Waals surface area contributed by atoms with Crippen LogP contribution in [0.1, 0.15) is 33.6 Å². The molecule has 5 rings (SSSR count). The molecule has 1 aliphatic carbocycles. The topological polar surface area (TPSA) is 85.0 Å². The highest BCUT2D eigenvalue weighted by atomic mass is 19.1. The van der Waals surface area contributed by atoms with Gasteiger partial charge in [-0.05, 0) is 49.2 Å². The van der Waals surface area contributed by atoms with Gasteiger partial charge in [-0.2, -0.15) is 0 Å². The average Bonchev–Trinajstić information content (AvgIpc) is 3.74. The summed E-state index contributed by atoms with van der Waals surface area (Å²) in [6.45, 7) is 5.25. The molecule has 0 unspecified atom stereocenters. The second-order valence-electron chi connectivity index (χ2n) is 9.33. The minimum absolute atomic E-state index is 0.0841. The quantitative estimate of drug-likeness (QED) is 0.687. The first-order valence-electron chi connectivity index (χ1n) is 12.2. The van der Waals surface area contributed by atoms with Crippen LogP contribution >= 0.6 is 0 Å². The van der Waals surface area contributed by atoms with E-state index < -0.39 is 11.7 Å². The molecule has 2 aromatic carbocycles. The third-order valence-electron chi connectivity index (χ3n) is 6.84. The van der Waals surface area contributed by atoms with Gasteiger partial charge in [0.1, 0.15) is 5.82 Å². The van der Waals surface area contributed by atoms with E-state index in [1.807, 2.05) is 11.0 Å². The molecule has 2 aromatic rings. The number of nitrogens with zero attached hydrogens (tertiary/aromatic N) is 3. The van der Waals surface area contributed by atoms with Gasteiger partial charge in [0.15, 0.2) is 0 Å². The Balaban J connectivity index is 1.38. The van der Waals surface area contributed by atoms with Crippen molar-refractivity contribution in [3.05, 3.63) is 59.4 Å². The molecule has 3 aliphatic rings. The molecule has 2 aliphatic heterocycles. The van der Waals surface area contributed by atoms with E-state index in [-0.39, 0.29) is 23.3 Å². The van der Waals surface area contributed by atoms with Crippen LogP contribution in [0, 0.1) is 11.7 Å². The summed E-state index contributed by atoms with van der Waals surface area (Å²) in [6.07, 6.45) is 1.97. The Morgan fingerprint density at radius 3 is 2.29 bits per heavy atom. The first-order valence-corrected chi connectivity index (χ1v) is 12.2. The first kappa shape index (κ1) is 23.3. The van der Waals surface area contributed by atoms with Gasteiger partial charge < -0.3 is 25.3 Å². The Bertz CT molecular complexity index is 1120. The molecule has 8 nitrogen and oxygen atoms in total. The molecule has 0 aromatic heterocycles. The Kier molecular flexibility index (Phi) is 6.68. The second-order valence-corrected chi connectivity index (χ2v) is 9.33. The lowest BCUT2D eigenvalue weighted by Gasteiger charge is -2.37. The van der Waals surface area contributed by atoms with Crippen LogP contribution in [0.5, 0.6) is 0 Å². The summed E-state index contributed by atoms with van der Waals surface area (Å²) in [5.74, 6) is -0.588. The van der Waals surface area contributed by atoms with Gasteiger partial charge in [-0.3, -0.25) is 14.4 Å². The smallest absolute Gasteiger partial charge is 0.255 e. The highest BCUT2D eigenvalue weighted by Crippen LogP contribution is 2.33. The van der Waals surface area contributed by atoms with Crippen molar-refractivity contribution in [1.29, 1.82) is 0 Å². The van der Waals surface area contributed by atoms with Crippen LogP contribution in [0.15, 0.2) is 42.5 Å². The molecule has 35 heavy (non-hydrogen) atoms. The lowest BCUT2D eigenvalue weighted by atomic mass is 10.1. The van der Waals surface area contributed by atoms with Crippen molar-refractivity contribution in [2.24, 2.45) is 5.92 Å². The van der Waals surface area contributed by atoms with Gasteiger partial charge in [0.2, 0.25) is 5.91 Å². The predicted octanol–water partition coefficient (Wildman–Crippen LogP) is 2.18. The normalized spacial score (nSPS) is 18.4. The molecule has 0 bridgehead atoms. The van der Waals surface area contributed by atoms with Crippen LogP contribution < -0.4 is 15.5 Å². The van der Waals surface area contributed by atoms with E-state index in [9.17, 15) is 18.8 Å². The van der Waals surface area contributed by atoms with Crippen LogP contribution in [0.3, 0.4) is 0 Å². The number of carbonyl (C=O) groups is 3. The standard InChI is InChI=1S/C26H30FN5O3/c27-21-3-1-2-19(16-21)24(33)29-22-17-20(26(35)31-10-8-28-9-11-31)6-7-23(22)30-12-14-32(15-13-30)25(34)18-4-5-18/h1-3,6-7,16-18,28H,4-5,8-15H2,(H,29,33). The lowest BCUT2D eigenvalue weighted by molar-refractivity contribution is -0.132. The molecule has 2 N–H and O–H groups in total. The number of benzene rings is 2. The number of hydrogen-bond donors (Lipinski definition) is 2. The van der Waals surface area contributed by atoms with E-state index in [0.717, 1.165) is 31.6 Å². The summed E-state index contributed by atoms with van der Waals surface area (Å²) in [5, 5.41) is 6.14. The molecule has 2 heterocycles. The maximum atomic E-state index is 13.7. The third kappa shape index (κ3) is 5.30. The maximum absolute atomic E-state index is 13.7. The molecule has 0 spiro atoms. The Labute approximate surface area is 204 Å². The first-order chi connectivity index (χ1) is 17.0. The predicted molar refractivity (Wildman–Crippen MR) is 131 cm³/mol. The Hall–Kier alpha value is -3.46. The van der Waals surface area contributed by atoms with E-state index in [1.54, 1.807) is 23.1 Å². The van der Waals surface area contributed by atoms with E-state index >= 15 is 0 Å². The van der Waals surface area contributed by atoms with Crippen molar-refractivity contribution in [2.75, 3.05) is 62.6 Å². The van der Waals surface area contributed by atoms with Crippen molar-refractivity contribution < 1.29 is 18.8 Å². The van der Waals surface area contributed by atoms with E-state index in [4.69, 9.17) is 0 Å². The average molecular weight is 480 g/mol. The lowest BCUT2D eigenvalue weighted by Crippen LogP contribution is -2.49. The Morgan fingerprint density at radius 2 is 1.60 bits per heavy atom. The highest BCUT2D eigenvalue weighted by molar-refractivity contribution is 6.07. The third-order valence-corrected chi connectivity index (χ3v) is 6.84. The summed E-state index contributed by atoms with van der Waals surface area (Å²) < 4.78 is 13.7. The molecule has 2 saturated heterocycles. The van der Waals surface area contributed by atoms with Gasteiger partial charge in [0.25, 0.3) is 11.8 Å². The number of hydrogen-bond acceptors (Lipinski definition) is 5. The molecule has 1 saturated carbocycles. The van der Waals surface area contributed by atoms with Crippen LogP contribution in [-0.4, -0.2) is 79.9 Å². The number of amides is 3. The number of piperazine rings is 2. The SMILES string of the molecule is O=C(Nc1cc(C(=O)N2CCNCC2)ccc1N1CCN(C(=O)C2CC2)CC1)c1cccc(F)c1. The molecule has 0 atom stereocenters. The van der Waals surface area contributed by atoms with Crippen molar-refractivity contribution in [3.8, 4) is 0 Å². The van der Waals surface area contributed by atoms with Crippen molar-refractivity contribution in [1.82, 2.24) is 15.1 Å². The van der Waals surface area contributed by atoms with Crippen molar-refractivity contribution in [2.45, 2.75) is 12.8 Å². The van der Waals surface area contributed by atoms with Gasteiger partial charge in [-0.25, -0.2) is 4.39 Å². The van der Waals surface area contributed by atoms with Crippen LogP contribution in [0.4, 0.5) is 15.8 Å². The maximum Gasteiger partial charge on any atom is 0.255 e. The molecule has 184 valence electrons. The van der Waals surface area contributed by atoms with Gasteiger partial charge in [0.05, 0.1) is 11.4 Å². The van der Waals surface area contributed by atoms with Crippen LogP contribution in [0.25, 0.3) is 0 Å². The van der Waals surface area contributed by atoms with E-state index in [0.29, 0.717) is 50.5 Å². The number of rotatable bonds is 5. The molecule has 3 fully saturated rings. The number of halogens is 1. The second kappa shape index (κ2) is 10.0. The monoisotopic (exact) mass is 479 g/mol. The summed E-state index contributed by atoms with van der Waals surface area (Å²) in [7, 11) is 0. The summed E-state index contributed by atoms with van der Waals surface area (Å²) in [5.41, 5.74) is 1.98. The zero-order valence-corrected chi connectivity index (χ0v) is 19.6. The molecular weight excluding hydrogens is 449 g/mol. The minimum atomic E-state index is -0.489. The fourth-order valence-corrected chi connectivity index (χ4v) is 4.68. The van der Waals surface area contributed by atoms with Gasteiger partial charge >= 0.3 is 0 Å². The van der Waals surface area contributed by atoms with Gasteiger partial charge in [-0.15, -0.1) is 0 Å². The molecule has 0 radical (unpaired) electrons. The summed E-state index contributed by atoms with van der Waals surface area (Å²) in [6, 6.07) is 10.9. The molecule has 9 heteroatoms. The van der Waals surface area contributed by atoms with Gasteiger partial charge in [0, 0.05) is 69.4 Å². The van der Waals surface area contributed by atoms with Gasteiger partial charge in [-0.1, -0.05) is 6.07 Å². The largest absolute Gasteiger partial charge is 0.366 e.